The Morgan fingerprint density at radius 3 is 2.32 bits per heavy atom. The van der Waals surface area contributed by atoms with Crippen molar-refractivity contribution in [3.05, 3.63) is 5.28 Å². The average Bonchev–Trinajstić information content (AvgIpc) is 2.90. The number of hydrogen-bond donors (Lipinski definition) is 0. The molecule has 6 heteroatoms. The fourth-order valence-corrected chi connectivity index (χ4v) is 2.33. The molecule has 0 saturated carbocycles. The van der Waals surface area contributed by atoms with Gasteiger partial charge in [-0.05, 0) is 37.3 Å². The lowest BCUT2D eigenvalue weighted by molar-refractivity contribution is 0.499. The molecule has 1 saturated heterocycles. The van der Waals surface area contributed by atoms with Gasteiger partial charge in [-0.3, -0.25) is 0 Å². The fraction of sp³-hybridized carbons (Fsp3) is 0.769. The van der Waals surface area contributed by atoms with Gasteiger partial charge in [0.2, 0.25) is 17.2 Å². The van der Waals surface area contributed by atoms with Gasteiger partial charge in [-0.1, -0.05) is 13.8 Å². The smallest absolute Gasteiger partial charge is 0.231 e. The third-order valence-electron chi connectivity index (χ3n) is 3.86. The second kappa shape index (κ2) is 5.90. The molecule has 2 heterocycles. The zero-order valence-corrected chi connectivity index (χ0v) is 12.9. The van der Waals surface area contributed by atoms with Gasteiger partial charge in [-0.15, -0.1) is 0 Å². The average molecular weight is 284 g/mol. The molecular weight excluding hydrogens is 262 g/mol. The van der Waals surface area contributed by atoms with E-state index in [1.165, 1.54) is 12.8 Å². The van der Waals surface area contributed by atoms with Crippen LogP contribution in [0.25, 0.3) is 0 Å². The van der Waals surface area contributed by atoms with Crippen LogP contribution in [0.1, 0.15) is 33.6 Å². The Hall–Kier alpha value is -1.10. The van der Waals surface area contributed by atoms with Gasteiger partial charge in [-0.2, -0.15) is 15.0 Å². The normalized spacial score (nSPS) is 17.1. The predicted octanol–water partition coefficient (Wildman–Crippen LogP) is 2.61. The lowest BCUT2D eigenvalue weighted by Crippen LogP contribution is -2.35. The van der Waals surface area contributed by atoms with Crippen molar-refractivity contribution in [1.29, 1.82) is 0 Å². The van der Waals surface area contributed by atoms with Gasteiger partial charge >= 0.3 is 0 Å². The Labute approximate surface area is 120 Å². The zero-order chi connectivity index (χ0) is 14.0. The molecule has 1 aliphatic heterocycles. The van der Waals surface area contributed by atoms with Crippen molar-refractivity contribution in [2.24, 2.45) is 5.92 Å². The Morgan fingerprint density at radius 1 is 1.11 bits per heavy atom. The molecule has 0 aromatic carbocycles. The van der Waals surface area contributed by atoms with Crippen LogP contribution in [0.5, 0.6) is 0 Å². The SMILES string of the molecule is CC(C)C(C)N(C)c1nc(Cl)nc(N2CCCC2)n1. The highest BCUT2D eigenvalue weighted by Gasteiger charge is 2.21. The molecule has 0 N–H and O–H groups in total. The maximum Gasteiger partial charge on any atom is 0.231 e. The van der Waals surface area contributed by atoms with Gasteiger partial charge in [0, 0.05) is 26.2 Å². The topological polar surface area (TPSA) is 45.2 Å². The van der Waals surface area contributed by atoms with Gasteiger partial charge in [0.1, 0.15) is 0 Å². The third kappa shape index (κ3) is 3.26. The molecule has 1 aliphatic rings. The Morgan fingerprint density at radius 2 is 1.74 bits per heavy atom. The minimum Gasteiger partial charge on any atom is -0.341 e. The standard InChI is InChI=1S/C13H22ClN5/c1-9(2)10(3)18(4)12-15-11(14)16-13(17-12)19-7-5-6-8-19/h9-10H,5-8H2,1-4H3. The van der Waals surface area contributed by atoms with Gasteiger partial charge in [0.15, 0.2) is 0 Å². The number of aromatic nitrogens is 3. The summed E-state index contributed by atoms with van der Waals surface area (Å²) in [7, 11) is 2.00. The molecule has 1 unspecified atom stereocenters. The molecule has 19 heavy (non-hydrogen) atoms. The third-order valence-corrected chi connectivity index (χ3v) is 4.03. The number of nitrogens with zero attached hydrogens (tertiary/aromatic N) is 5. The Kier molecular flexibility index (Phi) is 4.45. The van der Waals surface area contributed by atoms with E-state index in [-0.39, 0.29) is 5.28 Å². The molecule has 1 aromatic heterocycles. The van der Waals surface area contributed by atoms with Gasteiger partial charge in [-0.25, -0.2) is 0 Å². The van der Waals surface area contributed by atoms with Crippen molar-refractivity contribution in [3.63, 3.8) is 0 Å². The van der Waals surface area contributed by atoms with E-state index in [2.05, 4.69) is 45.5 Å². The van der Waals surface area contributed by atoms with Gasteiger partial charge in [0.25, 0.3) is 0 Å². The summed E-state index contributed by atoms with van der Waals surface area (Å²) in [6, 6.07) is 0.352. The van der Waals surface area contributed by atoms with E-state index in [0.717, 1.165) is 13.1 Å². The summed E-state index contributed by atoms with van der Waals surface area (Å²) in [5.74, 6) is 1.88. The quantitative estimate of drug-likeness (QED) is 0.850. The van der Waals surface area contributed by atoms with E-state index < -0.39 is 0 Å². The van der Waals surface area contributed by atoms with Crippen LogP contribution >= 0.6 is 11.6 Å². The van der Waals surface area contributed by atoms with Crippen LogP contribution in [0.15, 0.2) is 0 Å². The van der Waals surface area contributed by atoms with Crippen LogP contribution in [-0.4, -0.2) is 41.1 Å². The second-order valence-electron chi connectivity index (χ2n) is 5.49. The monoisotopic (exact) mass is 283 g/mol. The first-order chi connectivity index (χ1) is 8.99. The van der Waals surface area contributed by atoms with Gasteiger partial charge in [0.05, 0.1) is 0 Å². The summed E-state index contributed by atoms with van der Waals surface area (Å²) in [5.41, 5.74) is 0. The van der Waals surface area contributed by atoms with E-state index in [9.17, 15) is 0 Å². The highest BCUT2D eigenvalue weighted by atomic mass is 35.5. The molecule has 0 aliphatic carbocycles. The van der Waals surface area contributed by atoms with Crippen LogP contribution < -0.4 is 9.80 Å². The summed E-state index contributed by atoms with van der Waals surface area (Å²) < 4.78 is 0. The van der Waals surface area contributed by atoms with Crippen LogP contribution in [0, 0.1) is 5.92 Å². The minimum absolute atomic E-state index is 0.273. The Balaban J connectivity index is 2.25. The Bertz CT molecular complexity index is 431. The van der Waals surface area contributed by atoms with Crippen LogP contribution in [0.2, 0.25) is 5.28 Å². The number of halogens is 1. The van der Waals surface area contributed by atoms with Crippen molar-refractivity contribution in [2.75, 3.05) is 29.9 Å². The molecule has 0 spiro atoms. The largest absolute Gasteiger partial charge is 0.341 e. The van der Waals surface area contributed by atoms with E-state index in [1.807, 2.05) is 7.05 Å². The van der Waals surface area contributed by atoms with Crippen molar-refractivity contribution in [2.45, 2.75) is 39.7 Å². The van der Waals surface area contributed by atoms with Crippen LogP contribution in [0.3, 0.4) is 0 Å². The number of anilines is 2. The highest BCUT2D eigenvalue weighted by Crippen LogP contribution is 2.22. The first-order valence-electron chi connectivity index (χ1n) is 6.88. The molecule has 0 radical (unpaired) electrons. The first kappa shape index (κ1) is 14.3. The molecule has 1 aromatic rings. The van der Waals surface area contributed by atoms with Crippen LogP contribution in [0.4, 0.5) is 11.9 Å². The van der Waals surface area contributed by atoms with Crippen molar-refractivity contribution < 1.29 is 0 Å². The molecule has 106 valence electrons. The summed E-state index contributed by atoms with van der Waals surface area (Å²) in [6.07, 6.45) is 2.38. The van der Waals surface area contributed by atoms with Crippen molar-refractivity contribution >= 4 is 23.5 Å². The first-order valence-corrected chi connectivity index (χ1v) is 7.26. The fourth-order valence-electron chi connectivity index (χ4n) is 2.18. The van der Waals surface area contributed by atoms with E-state index >= 15 is 0 Å². The molecule has 5 nitrogen and oxygen atoms in total. The summed E-state index contributed by atoms with van der Waals surface area (Å²) in [4.78, 5) is 17.3. The molecule has 0 amide bonds. The van der Waals surface area contributed by atoms with Crippen molar-refractivity contribution in [3.8, 4) is 0 Å². The maximum absolute atomic E-state index is 6.04. The zero-order valence-electron chi connectivity index (χ0n) is 12.1. The molecular formula is C13H22ClN5. The number of rotatable bonds is 4. The molecule has 0 bridgehead atoms. The van der Waals surface area contributed by atoms with Crippen LogP contribution in [-0.2, 0) is 0 Å². The second-order valence-corrected chi connectivity index (χ2v) is 5.83. The number of hydrogen-bond acceptors (Lipinski definition) is 5. The summed E-state index contributed by atoms with van der Waals surface area (Å²) in [6.45, 7) is 8.54. The summed E-state index contributed by atoms with van der Waals surface area (Å²) in [5, 5.41) is 0.273. The summed E-state index contributed by atoms with van der Waals surface area (Å²) >= 11 is 6.04. The minimum atomic E-state index is 0.273. The molecule has 1 fully saturated rings. The lowest BCUT2D eigenvalue weighted by atomic mass is 10.1. The van der Waals surface area contributed by atoms with E-state index in [4.69, 9.17) is 11.6 Å². The van der Waals surface area contributed by atoms with E-state index in [0.29, 0.717) is 23.9 Å². The van der Waals surface area contributed by atoms with Crippen molar-refractivity contribution in [1.82, 2.24) is 15.0 Å². The molecule has 2 rings (SSSR count). The van der Waals surface area contributed by atoms with Gasteiger partial charge < -0.3 is 9.80 Å². The molecule has 1 atom stereocenters. The highest BCUT2D eigenvalue weighted by molar-refractivity contribution is 6.28. The lowest BCUT2D eigenvalue weighted by Gasteiger charge is -2.28. The maximum atomic E-state index is 6.04. The van der Waals surface area contributed by atoms with E-state index in [1.54, 1.807) is 0 Å². The predicted molar refractivity (Wildman–Crippen MR) is 79.0 cm³/mol.